The van der Waals surface area contributed by atoms with E-state index in [1.165, 1.54) is 18.4 Å². The molecule has 0 atom stereocenters. The summed E-state index contributed by atoms with van der Waals surface area (Å²) in [5.74, 6) is 0.595. The fourth-order valence-electron chi connectivity index (χ4n) is 4.37. The van der Waals surface area contributed by atoms with Crippen molar-refractivity contribution in [3.63, 3.8) is 0 Å². The van der Waals surface area contributed by atoms with Crippen molar-refractivity contribution in [2.24, 2.45) is 0 Å². The number of carbonyl (C=O) groups is 1. The van der Waals surface area contributed by atoms with Crippen molar-refractivity contribution in [1.82, 2.24) is 9.88 Å². The molecule has 1 aliphatic rings. The van der Waals surface area contributed by atoms with Gasteiger partial charge in [0.2, 0.25) is 0 Å². The molecule has 1 aromatic heterocycles. The van der Waals surface area contributed by atoms with Crippen LogP contribution in [0.15, 0.2) is 72.9 Å². The first-order valence-electron chi connectivity index (χ1n) is 11.5. The maximum absolute atomic E-state index is 12.9. The van der Waals surface area contributed by atoms with Crippen molar-refractivity contribution in [2.75, 3.05) is 25.5 Å². The molecule has 0 bridgehead atoms. The number of rotatable bonds is 6. The van der Waals surface area contributed by atoms with Gasteiger partial charge in [-0.15, -0.1) is 0 Å². The average Bonchev–Trinajstić information content (AvgIpc) is 3.38. The SMILES string of the molecule is COc1ccc(-c2ccc(C(=O)Nc3cc4ncc(CN5CCCC5)cc4cc3Cl)cc2)cc1. The minimum absolute atomic E-state index is 0.215. The predicted molar refractivity (Wildman–Crippen MR) is 138 cm³/mol. The van der Waals surface area contributed by atoms with E-state index < -0.39 is 0 Å². The summed E-state index contributed by atoms with van der Waals surface area (Å²) in [6, 6.07) is 21.2. The molecule has 5 rings (SSSR count). The smallest absolute Gasteiger partial charge is 0.255 e. The van der Waals surface area contributed by atoms with Crippen molar-refractivity contribution < 1.29 is 9.53 Å². The Balaban J connectivity index is 1.30. The number of halogens is 1. The molecule has 0 spiro atoms. The van der Waals surface area contributed by atoms with E-state index in [2.05, 4.69) is 21.3 Å². The number of hydrogen-bond donors (Lipinski definition) is 1. The van der Waals surface area contributed by atoms with Gasteiger partial charge in [-0.2, -0.15) is 0 Å². The molecule has 1 aliphatic heterocycles. The number of carbonyl (C=O) groups excluding carboxylic acids is 1. The van der Waals surface area contributed by atoms with Gasteiger partial charge < -0.3 is 10.1 Å². The van der Waals surface area contributed by atoms with E-state index >= 15 is 0 Å². The largest absolute Gasteiger partial charge is 0.497 e. The van der Waals surface area contributed by atoms with Gasteiger partial charge in [0.05, 0.1) is 23.3 Å². The van der Waals surface area contributed by atoms with E-state index in [-0.39, 0.29) is 5.91 Å². The van der Waals surface area contributed by atoms with Crippen LogP contribution < -0.4 is 10.1 Å². The zero-order valence-corrected chi connectivity index (χ0v) is 19.8. The molecule has 1 amide bonds. The molecule has 0 saturated carbocycles. The Labute approximate surface area is 204 Å². The van der Waals surface area contributed by atoms with Gasteiger partial charge in [0, 0.05) is 23.7 Å². The number of benzene rings is 3. The highest BCUT2D eigenvalue weighted by Crippen LogP contribution is 2.29. The number of hydrogen-bond acceptors (Lipinski definition) is 4. The van der Waals surface area contributed by atoms with E-state index in [1.54, 1.807) is 7.11 Å². The van der Waals surface area contributed by atoms with E-state index in [9.17, 15) is 4.79 Å². The lowest BCUT2D eigenvalue weighted by atomic mass is 10.0. The number of amides is 1. The number of nitrogens with one attached hydrogen (secondary N) is 1. The Hall–Kier alpha value is -3.41. The number of anilines is 1. The summed E-state index contributed by atoms with van der Waals surface area (Å²) < 4.78 is 5.21. The second kappa shape index (κ2) is 9.84. The van der Waals surface area contributed by atoms with Crippen LogP contribution in [0.5, 0.6) is 5.75 Å². The molecular formula is C28H26ClN3O2. The number of ether oxygens (including phenoxy) is 1. The van der Waals surface area contributed by atoms with Crippen molar-refractivity contribution in [3.8, 4) is 16.9 Å². The van der Waals surface area contributed by atoms with Gasteiger partial charge in [0.1, 0.15) is 5.75 Å². The lowest BCUT2D eigenvalue weighted by Crippen LogP contribution is -2.18. The zero-order valence-electron chi connectivity index (χ0n) is 19.1. The third-order valence-corrected chi connectivity index (χ3v) is 6.56. The molecule has 172 valence electrons. The Morgan fingerprint density at radius 1 is 1.00 bits per heavy atom. The van der Waals surface area contributed by atoms with Gasteiger partial charge in [0.25, 0.3) is 5.91 Å². The summed E-state index contributed by atoms with van der Waals surface area (Å²) >= 11 is 6.52. The summed E-state index contributed by atoms with van der Waals surface area (Å²) in [5, 5.41) is 4.40. The summed E-state index contributed by atoms with van der Waals surface area (Å²) in [6.45, 7) is 3.20. The number of nitrogens with zero attached hydrogens (tertiary/aromatic N) is 2. The summed E-state index contributed by atoms with van der Waals surface area (Å²) in [7, 11) is 1.65. The molecule has 6 heteroatoms. The topological polar surface area (TPSA) is 54.5 Å². The van der Waals surface area contributed by atoms with Gasteiger partial charge in [0.15, 0.2) is 0 Å². The molecule has 0 aliphatic carbocycles. The van der Waals surface area contributed by atoms with Crippen LogP contribution in [-0.4, -0.2) is 36.0 Å². The highest BCUT2D eigenvalue weighted by atomic mass is 35.5. The first kappa shape index (κ1) is 22.4. The van der Waals surface area contributed by atoms with E-state index in [4.69, 9.17) is 16.3 Å². The highest BCUT2D eigenvalue weighted by molar-refractivity contribution is 6.34. The minimum atomic E-state index is -0.215. The van der Waals surface area contributed by atoms with Gasteiger partial charge in [-0.3, -0.25) is 14.7 Å². The molecule has 0 radical (unpaired) electrons. The molecule has 2 heterocycles. The van der Waals surface area contributed by atoms with Crippen molar-refractivity contribution in [2.45, 2.75) is 19.4 Å². The van der Waals surface area contributed by atoms with Crippen LogP contribution in [0, 0.1) is 0 Å². The number of pyridine rings is 1. The third kappa shape index (κ3) is 4.91. The van der Waals surface area contributed by atoms with Crippen LogP contribution in [-0.2, 0) is 6.54 Å². The number of methoxy groups -OCH3 is 1. The summed E-state index contributed by atoms with van der Waals surface area (Å²) in [6.07, 6.45) is 4.44. The molecule has 1 fully saturated rings. The fraction of sp³-hybridized carbons (Fsp3) is 0.214. The van der Waals surface area contributed by atoms with Crippen LogP contribution in [0.4, 0.5) is 5.69 Å². The number of aromatic nitrogens is 1. The zero-order chi connectivity index (χ0) is 23.5. The fourth-order valence-corrected chi connectivity index (χ4v) is 4.59. The van der Waals surface area contributed by atoms with Crippen LogP contribution in [0.3, 0.4) is 0 Å². The molecule has 34 heavy (non-hydrogen) atoms. The van der Waals surface area contributed by atoms with Crippen LogP contribution in [0.1, 0.15) is 28.8 Å². The molecule has 5 nitrogen and oxygen atoms in total. The van der Waals surface area contributed by atoms with E-state index in [1.807, 2.05) is 66.9 Å². The molecule has 4 aromatic rings. The lowest BCUT2D eigenvalue weighted by molar-refractivity contribution is 0.102. The molecular weight excluding hydrogens is 446 g/mol. The first-order valence-corrected chi connectivity index (χ1v) is 11.8. The van der Waals surface area contributed by atoms with Crippen molar-refractivity contribution >= 4 is 34.1 Å². The van der Waals surface area contributed by atoms with Crippen LogP contribution >= 0.6 is 11.6 Å². The third-order valence-electron chi connectivity index (χ3n) is 6.25. The highest BCUT2D eigenvalue weighted by Gasteiger charge is 2.14. The van der Waals surface area contributed by atoms with E-state index in [0.29, 0.717) is 16.3 Å². The minimum Gasteiger partial charge on any atom is -0.497 e. The second-order valence-corrected chi connectivity index (χ2v) is 9.02. The van der Waals surface area contributed by atoms with Crippen LogP contribution in [0.25, 0.3) is 22.0 Å². The van der Waals surface area contributed by atoms with Crippen LogP contribution in [0.2, 0.25) is 5.02 Å². The van der Waals surface area contributed by atoms with E-state index in [0.717, 1.165) is 47.4 Å². The quantitative estimate of drug-likeness (QED) is 0.353. The molecule has 1 N–H and O–H groups in total. The summed E-state index contributed by atoms with van der Waals surface area (Å²) in [5.41, 5.74) is 5.18. The van der Waals surface area contributed by atoms with Gasteiger partial charge in [-0.05, 0) is 85.1 Å². The van der Waals surface area contributed by atoms with Gasteiger partial charge in [-0.1, -0.05) is 35.9 Å². The predicted octanol–water partition coefficient (Wildman–Crippen LogP) is 6.41. The second-order valence-electron chi connectivity index (χ2n) is 8.61. The summed E-state index contributed by atoms with van der Waals surface area (Å²) in [4.78, 5) is 19.9. The van der Waals surface area contributed by atoms with Crippen molar-refractivity contribution in [3.05, 3.63) is 89.1 Å². The number of likely N-dealkylation sites (tertiary alicyclic amines) is 1. The molecule has 0 unspecified atom stereocenters. The van der Waals surface area contributed by atoms with Crippen molar-refractivity contribution in [1.29, 1.82) is 0 Å². The number of fused-ring (bicyclic) bond motifs is 1. The first-order chi connectivity index (χ1) is 16.6. The standard InChI is InChI=1S/C28H26ClN3O2/c1-34-24-10-8-21(9-11-24)20-4-6-22(7-5-20)28(33)31-27-16-26-23(15-25(27)29)14-19(17-30-26)18-32-12-2-3-13-32/h4-11,14-17H,2-3,12-13,18H2,1H3,(H,31,33). The Kier molecular flexibility index (Phi) is 6.48. The lowest BCUT2D eigenvalue weighted by Gasteiger charge is -2.15. The monoisotopic (exact) mass is 471 g/mol. The Morgan fingerprint density at radius 3 is 2.35 bits per heavy atom. The maximum atomic E-state index is 12.9. The maximum Gasteiger partial charge on any atom is 0.255 e. The average molecular weight is 472 g/mol. The molecule has 3 aromatic carbocycles. The van der Waals surface area contributed by atoms with Gasteiger partial charge >= 0.3 is 0 Å². The Bertz CT molecular complexity index is 1310. The Morgan fingerprint density at radius 2 is 1.68 bits per heavy atom. The molecule has 1 saturated heterocycles. The van der Waals surface area contributed by atoms with Gasteiger partial charge in [-0.25, -0.2) is 0 Å². The normalized spacial score (nSPS) is 13.8.